The van der Waals surface area contributed by atoms with Crippen LogP contribution in [0.25, 0.3) is 0 Å². The van der Waals surface area contributed by atoms with Gasteiger partial charge < -0.3 is 10.2 Å². The maximum atomic E-state index is 4.77. The van der Waals surface area contributed by atoms with E-state index in [2.05, 4.69) is 54.6 Å². The first-order chi connectivity index (χ1) is 10.2. The third kappa shape index (κ3) is 2.97. The summed E-state index contributed by atoms with van der Waals surface area (Å²) in [5.41, 5.74) is 3.90. The predicted molar refractivity (Wildman–Crippen MR) is 90.1 cm³/mol. The number of hydrogen-bond donors (Lipinski definition) is 1. The highest BCUT2D eigenvalue weighted by atomic mass is 32.1. The standard InChI is InChI=1S/C17H23N3S/c1-4-18-11-14-9-12(2)19-17(10-14)20-7-5-16-15(13(20)3)6-8-21-16/h6,8-10,13,18H,4-5,7,11H2,1-3H3. The third-order valence-corrected chi connectivity index (χ3v) is 5.15. The minimum absolute atomic E-state index is 0.418. The monoisotopic (exact) mass is 301 g/mol. The lowest BCUT2D eigenvalue weighted by Gasteiger charge is -2.35. The van der Waals surface area contributed by atoms with Crippen molar-refractivity contribution in [3.05, 3.63) is 45.3 Å². The van der Waals surface area contributed by atoms with Gasteiger partial charge in [0.05, 0.1) is 6.04 Å². The Balaban J connectivity index is 1.88. The van der Waals surface area contributed by atoms with E-state index >= 15 is 0 Å². The maximum Gasteiger partial charge on any atom is 0.129 e. The van der Waals surface area contributed by atoms with Crippen molar-refractivity contribution in [1.82, 2.24) is 10.3 Å². The van der Waals surface area contributed by atoms with Crippen LogP contribution in [-0.4, -0.2) is 18.1 Å². The number of aryl methyl sites for hydroxylation is 1. The molecule has 112 valence electrons. The van der Waals surface area contributed by atoms with Gasteiger partial charge in [-0.1, -0.05) is 6.92 Å². The van der Waals surface area contributed by atoms with Gasteiger partial charge in [-0.15, -0.1) is 11.3 Å². The predicted octanol–water partition coefficient (Wildman–Crippen LogP) is 3.68. The number of rotatable bonds is 4. The lowest BCUT2D eigenvalue weighted by atomic mass is 10.0. The van der Waals surface area contributed by atoms with Crippen molar-refractivity contribution in [2.75, 3.05) is 18.0 Å². The highest BCUT2D eigenvalue weighted by molar-refractivity contribution is 7.10. The Morgan fingerprint density at radius 3 is 3.10 bits per heavy atom. The van der Waals surface area contributed by atoms with E-state index in [1.54, 1.807) is 4.88 Å². The van der Waals surface area contributed by atoms with Crippen molar-refractivity contribution < 1.29 is 0 Å². The second-order valence-corrected chi connectivity index (χ2v) is 6.67. The Hall–Kier alpha value is -1.39. The van der Waals surface area contributed by atoms with Crippen molar-refractivity contribution in [3.63, 3.8) is 0 Å². The minimum atomic E-state index is 0.418. The van der Waals surface area contributed by atoms with Gasteiger partial charge in [0.2, 0.25) is 0 Å². The molecule has 0 bridgehead atoms. The fourth-order valence-electron chi connectivity index (χ4n) is 3.06. The lowest BCUT2D eigenvalue weighted by molar-refractivity contribution is 0.622. The van der Waals surface area contributed by atoms with Crippen LogP contribution < -0.4 is 10.2 Å². The Kier molecular flexibility index (Phi) is 4.27. The van der Waals surface area contributed by atoms with Crippen molar-refractivity contribution in [2.45, 2.75) is 39.8 Å². The summed E-state index contributed by atoms with van der Waals surface area (Å²) in [7, 11) is 0. The molecule has 3 nitrogen and oxygen atoms in total. The van der Waals surface area contributed by atoms with E-state index in [4.69, 9.17) is 4.98 Å². The summed E-state index contributed by atoms with van der Waals surface area (Å²) < 4.78 is 0. The molecule has 0 saturated heterocycles. The molecule has 3 rings (SSSR count). The molecular formula is C17H23N3S. The summed E-state index contributed by atoms with van der Waals surface area (Å²) in [6, 6.07) is 7.10. The van der Waals surface area contributed by atoms with Gasteiger partial charge in [0.15, 0.2) is 0 Å². The maximum absolute atomic E-state index is 4.77. The van der Waals surface area contributed by atoms with Crippen LogP contribution >= 0.6 is 11.3 Å². The van der Waals surface area contributed by atoms with E-state index in [-0.39, 0.29) is 0 Å². The molecule has 0 saturated carbocycles. The molecule has 2 aromatic heterocycles. The van der Waals surface area contributed by atoms with Gasteiger partial charge >= 0.3 is 0 Å². The Labute approximate surface area is 131 Å². The van der Waals surface area contributed by atoms with Crippen LogP contribution in [0.1, 0.15) is 41.6 Å². The van der Waals surface area contributed by atoms with Crippen LogP contribution in [0.2, 0.25) is 0 Å². The number of aromatic nitrogens is 1. The SMILES string of the molecule is CCNCc1cc(C)nc(N2CCc3sccc3C2C)c1. The Morgan fingerprint density at radius 1 is 1.43 bits per heavy atom. The van der Waals surface area contributed by atoms with Gasteiger partial charge in [-0.2, -0.15) is 0 Å². The first-order valence-electron chi connectivity index (χ1n) is 7.70. The molecule has 1 N–H and O–H groups in total. The highest BCUT2D eigenvalue weighted by Gasteiger charge is 2.25. The number of fused-ring (bicyclic) bond motifs is 1. The zero-order valence-electron chi connectivity index (χ0n) is 13.0. The largest absolute Gasteiger partial charge is 0.349 e. The molecule has 3 heterocycles. The molecule has 0 aromatic carbocycles. The summed E-state index contributed by atoms with van der Waals surface area (Å²) >= 11 is 1.89. The van der Waals surface area contributed by atoms with Gasteiger partial charge in [-0.05, 0) is 61.5 Å². The Morgan fingerprint density at radius 2 is 2.29 bits per heavy atom. The van der Waals surface area contributed by atoms with Crippen molar-refractivity contribution >= 4 is 17.2 Å². The van der Waals surface area contributed by atoms with E-state index in [1.807, 2.05) is 11.3 Å². The smallest absolute Gasteiger partial charge is 0.129 e. The van der Waals surface area contributed by atoms with Gasteiger partial charge in [-0.3, -0.25) is 0 Å². The molecule has 0 radical (unpaired) electrons. The van der Waals surface area contributed by atoms with Gasteiger partial charge in [0.1, 0.15) is 5.82 Å². The molecule has 1 aliphatic heterocycles. The third-order valence-electron chi connectivity index (χ3n) is 4.15. The van der Waals surface area contributed by atoms with Crippen LogP contribution in [0.4, 0.5) is 5.82 Å². The second kappa shape index (κ2) is 6.16. The fraction of sp³-hybridized carbons (Fsp3) is 0.471. The zero-order chi connectivity index (χ0) is 14.8. The average Bonchev–Trinajstić information content (AvgIpc) is 2.94. The number of hydrogen-bond acceptors (Lipinski definition) is 4. The normalized spacial score (nSPS) is 17.9. The molecular weight excluding hydrogens is 278 g/mol. The van der Waals surface area contributed by atoms with Crippen LogP contribution in [0.3, 0.4) is 0 Å². The van der Waals surface area contributed by atoms with Crippen LogP contribution in [0.15, 0.2) is 23.6 Å². The average molecular weight is 301 g/mol. The molecule has 0 aliphatic carbocycles. The summed E-state index contributed by atoms with van der Waals surface area (Å²) in [5.74, 6) is 1.12. The quantitative estimate of drug-likeness (QED) is 0.933. The van der Waals surface area contributed by atoms with E-state index in [9.17, 15) is 0 Å². The summed E-state index contributed by atoms with van der Waals surface area (Å²) in [6.07, 6.45) is 1.13. The molecule has 4 heteroatoms. The van der Waals surface area contributed by atoms with Crippen molar-refractivity contribution in [3.8, 4) is 0 Å². The summed E-state index contributed by atoms with van der Waals surface area (Å²) in [5, 5.41) is 5.61. The molecule has 0 amide bonds. The first-order valence-corrected chi connectivity index (χ1v) is 8.58. The fourth-order valence-corrected chi connectivity index (χ4v) is 4.02. The number of pyridine rings is 1. The van der Waals surface area contributed by atoms with Crippen LogP contribution in [-0.2, 0) is 13.0 Å². The van der Waals surface area contributed by atoms with E-state index in [1.165, 1.54) is 11.1 Å². The zero-order valence-corrected chi connectivity index (χ0v) is 13.8. The molecule has 1 aliphatic rings. The molecule has 21 heavy (non-hydrogen) atoms. The minimum Gasteiger partial charge on any atom is -0.349 e. The van der Waals surface area contributed by atoms with E-state index in [0.717, 1.165) is 37.6 Å². The first kappa shape index (κ1) is 14.5. The Bertz CT molecular complexity index is 620. The summed E-state index contributed by atoms with van der Waals surface area (Å²) in [4.78, 5) is 8.76. The molecule has 0 fully saturated rings. The number of anilines is 1. The van der Waals surface area contributed by atoms with Crippen molar-refractivity contribution in [1.29, 1.82) is 0 Å². The highest BCUT2D eigenvalue weighted by Crippen LogP contribution is 2.35. The lowest BCUT2D eigenvalue weighted by Crippen LogP contribution is -2.34. The van der Waals surface area contributed by atoms with Gasteiger partial charge in [-0.25, -0.2) is 4.98 Å². The van der Waals surface area contributed by atoms with E-state index < -0.39 is 0 Å². The van der Waals surface area contributed by atoms with Crippen molar-refractivity contribution in [2.24, 2.45) is 0 Å². The molecule has 2 aromatic rings. The number of thiophene rings is 1. The number of nitrogens with zero attached hydrogens (tertiary/aromatic N) is 2. The number of nitrogens with one attached hydrogen (secondary N) is 1. The van der Waals surface area contributed by atoms with E-state index in [0.29, 0.717) is 6.04 Å². The second-order valence-electron chi connectivity index (χ2n) is 5.67. The van der Waals surface area contributed by atoms with Gasteiger partial charge in [0, 0.05) is 23.7 Å². The summed E-state index contributed by atoms with van der Waals surface area (Å²) in [6.45, 7) is 9.49. The van der Waals surface area contributed by atoms with Crippen LogP contribution in [0, 0.1) is 6.92 Å². The van der Waals surface area contributed by atoms with Crippen LogP contribution in [0.5, 0.6) is 0 Å². The van der Waals surface area contributed by atoms with Gasteiger partial charge in [0.25, 0.3) is 0 Å². The molecule has 0 spiro atoms. The topological polar surface area (TPSA) is 28.2 Å². The molecule has 1 atom stereocenters. The molecule has 1 unspecified atom stereocenters.